The van der Waals surface area contributed by atoms with Gasteiger partial charge < -0.3 is 13.7 Å². The van der Waals surface area contributed by atoms with Crippen molar-refractivity contribution in [1.82, 2.24) is 9.47 Å². The maximum Gasteiger partial charge on any atom is 0.266 e. The first kappa shape index (κ1) is 22.5. The maximum atomic E-state index is 13.0. The number of ether oxygens (including phenoxy) is 1. The second kappa shape index (κ2) is 9.91. The van der Waals surface area contributed by atoms with E-state index in [1.807, 2.05) is 42.5 Å². The number of aryl methyl sites for hydroxylation is 2. The number of rotatable bonds is 8. The summed E-state index contributed by atoms with van der Waals surface area (Å²) in [7, 11) is 0. The number of carbonyl (C=O) groups excluding carboxylic acids is 1. The highest BCUT2D eigenvalue weighted by Gasteiger charge is 2.32. The molecule has 0 unspecified atom stereocenters. The van der Waals surface area contributed by atoms with Crippen LogP contribution in [-0.2, 0) is 17.9 Å². The summed E-state index contributed by atoms with van der Waals surface area (Å²) in [5, 5.41) is 1.11. The Labute approximate surface area is 208 Å². The van der Waals surface area contributed by atoms with Crippen LogP contribution in [0.15, 0.2) is 82.4 Å². The van der Waals surface area contributed by atoms with Gasteiger partial charge in [0, 0.05) is 29.2 Å². The predicted octanol–water partition coefficient (Wildman–Crippen LogP) is 6.41. The quantitative estimate of drug-likeness (QED) is 0.163. The minimum absolute atomic E-state index is 0.0882. The molecule has 0 aliphatic carbocycles. The Balaban J connectivity index is 1.31. The second-order valence-electron chi connectivity index (χ2n) is 8.16. The largest absolute Gasteiger partial charge is 0.494 e. The Morgan fingerprint density at radius 2 is 1.91 bits per heavy atom. The molecule has 4 aromatic rings. The van der Waals surface area contributed by atoms with Crippen molar-refractivity contribution in [2.75, 3.05) is 6.61 Å². The van der Waals surface area contributed by atoms with E-state index in [0.29, 0.717) is 28.1 Å². The lowest BCUT2D eigenvalue weighted by molar-refractivity contribution is -0.122. The molecule has 1 fully saturated rings. The summed E-state index contributed by atoms with van der Waals surface area (Å²) in [4.78, 5) is 15.3. The van der Waals surface area contributed by atoms with E-state index in [0.717, 1.165) is 35.2 Å². The highest BCUT2D eigenvalue weighted by molar-refractivity contribution is 8.26. The highest BCUT2D eigenvalue weighted by atomic mass is 32.2. The van der Waals surface area contributed by atoms with Crippen LogP contribution >= 0.6 is 24.0 Å². The Hall–Kier alpha value is -3.29. The lowest BCUT2D eigenvalue weighted by Gasteiger charge is -2.11. The second-order valence-corrected chi connectivity index (χ2v) is 9.83. The molecule has 0 atom stereocenters. The van der Waals surface area contributed by atoms with E-state index >= 15 is 0 Å². The summed E-state index contributed by atoms with van der Waals surface area (Å²) in [6.45, 7) is 3.86. The summed E-state index contributed by atoms with van der Waals surface area (Å²) < 4.78 is 14.1. The zero-order chi connectivity index (χ0) is 23.5. The van der Waals surface area contributed by atoms with Gasteiger partial charge in [0.05, 0.1) is 24.3 Å². The molecule has 1 aliphatic heterocycles. The van der Waals surface area contributed by atoms with Gasteiger partial charge in [-0.1, -0.05) is 59.9 Å². The van der Waals surface area contributed by atoms with Crippen molar-refractivity contribution in [1.29, 1.82) is 0 Å². The Morgan fingerprint density at radius 3 is 2.71 bits per heavy atom. The van der Waals surface area contributed by atoms with Gasteiger partial charge in [0.2, 0.25) is 0 Å². The first-order chi connectivity index (χ1) is 16.6. The highest BCUT2D eigenvalue weighted by Crippen LogP contribution is 2.35. The number of thioether (sulfide) groups is 1. The SMILES string of the molecule is Cc1ccc(OCCCn2cc(/C=C3\SC(=S)N(Cc4ccco4)C3=O)c3ccccc32)cc1. The van der Waals surface area contributed by atoms with Crippen molar-refractivity contribution >= 4 is 51.2 Å². The fraction of sp³-hybridized carbons (Fsp3) is 0.185. The lowest BCUT2D eigenvalue weighted by atomic mass is 10.1. The third-order valence-electron chi connectivity index (χ3n) is 5.71. The van der Waals surface area contributed by atoms with Crippen molar-refractivity contribution in [2.24, 2.45) is 0 Å². The molecule has 0 bridgehead atoms. The molecule has 5 rings (SSSR count). The van der Waals surface area contributed by atoms with Crippen LogP contribution in [0.2, 0.25) is 0 Å². The van der Waals surface area contributed by atoms with Gasteiger partial charge in [-0.15, -0.1) is 0 Å². The van der Waals surface area contributed by atoms with Crippen molar-refractivity contribution in [3.05, 3.63) is 94.9 Å². The van der Waals surface area contributed by atoms with Gasteiger partial charge in [-0.25, -0.2) is 0 Å². The molecule has 5 nitrogen and oxygen atoms in total. The molecule has 2 aromatic heterocycles. The molecule has 7 heteroatoms. The first-order valence-electron chi connectivity index (χ1n) is 11.1. The number of para-hydroxylation sites is 1. The molecule has 0 N–H and O–H groups in total. The van der Waals surface area contributed by atoms with E-state index in [2.05, 4.69) is 42.0 Å². The van der Waals surface area contributed by atoms with Crippen LogP contribution in [0.25, 0.3) is 17.0 Å². The van der Waals surface area contributed by atoms with Gasteiger partial charge in [0.15, 0.2) is 0 Å². The number of carbonyl (C=O) groups is 1. The molecular formula is C27H24N2O3S2. The number of hydrogen-bond acceptors (Lipinski definition) is 5. The molecule has 2 aromatic carbocycles. The minimum atomic E-state index is -0.0882. The van der Waals surface area contributed by atoms with E-state index < -0.39 is 0 Å². The van der Waals surface area contributed by atoms with E-state index in [4.69, 9.17) is 21.4 Å². The first-order valence-corrected chi connectivity index (χ1v) is 12.4. The zero-order valence-corrected chi connectivity index (χ0v) is 20.4. The summed E-state index contributed by atoms with van der Waals surface area (Å²) in [5.41, 5.74) is 3.36. The maximum absolute atomic E-state index is 13.0. The number of aromatic nitrogens is 1. The fourth-order valence-corrected chi connectivity index (χ4v) is 5.22. The summed E-state index contributed by atoms with van der Waals surface area (Å²) in [5.74, 6) is 1.51. The molecule has 0 radical (unpaired) electrons. The van der Waals surface area contributed by atoms with Gasteiger partial charge in [-0.3, -0.25) is 9.69 Å². The standard InChI is InChI=1S/C27H24N2O3S2/c1-19-9-11-21(12-10-19)31-15-5-13-28-17-20(23-7-2-3-8-24(23)28)16-25-26(30)29(27(33)34-25)18-22-6-4-14-32-22/h2-4,6-12,14,16-17H,5,13,15,18H2,1H3/b25-16-. The summed E-state index contributed by atoms with van der Waals surface area (Å²) >= 11 is 6.80. The van der Waals surface area contributed by atoms with Crippen LogP contribution in [-0.4, -0.2) is 26.3 Å². The van der Waals surface area contributed by atoms with Gasteiger partial charge in [-0.2, -0.15) is 0 Å². The number of amides is 1. The number of furan rings is 1. The summed E-state index contributed by atoms with van der Waals surface area (Å²) in [6, 6.07) is 20.0. The fourth-order valence-electron chi connectivity index (χ4n) is 3.97. The average molecular weight is 489 g/mol. The van der Waals surface area contributed by atoms with Crippen molar-refractivity contribution in [3.8, 4) is 5.75 Å². The van der Waals surface area contributed by atoms with Crippen molar-refractivity contribution in [3.63, 3.8) is 0 Å². The molecule has 3 heterocycles. The van der Waals surface area contributed by atoms with Crippen molar-refractivity contribution in [2.45, 2.75) is 26.4 Å². The van der Waals surface area contributed by atoms with Crippen molar-refractivity contribution < 1.29 is 13.9 Å². The van der Waals surface area contributed by atoms with Crippen LogP contribution in [0.3, 0.4) is 0 Å². The molecule has 1 aliphatic rings. The normalized spacial score (nSPS) is 15.1. The minimum Gasteiger partial charge on any atom is -0.494 e. The van der Waals surface area contributed by atoms with Gasteiger partial charge in [0.25, 0.3) is 5.91 Å². The van der Waals surface area contributed by atoms with Crippen LogP contribution in [0.4, 0.5) is 0 Å². The number of benzene rings is 2. The van der Waals surface area contributed by atoms with E-state index in [9.17, 15) is 4.79 Å². The zero-order valence-electron chi connectivity index (χ0n) is 18.8. The molecule has 34 heavy (non-hydrogen) atoms. The number of thiocarbonyl (C=S) groups is 1. The Bertz CT molecular complexity index is 1350. The van der Waals surface area contributed by atoms with Crippen LogP contribution < -0.4 is 4.74 Å². The van der Waals surface area contributed by atoms with E-state index in [-0.39, 0.29) is 5.91 Å². The van der Waals surface area contributed by atoms with Gasteiger partial charge >= 0.3 is 0 Å². The summed E-state index contributed by atoms with van der Waals surface area (Å²) in [6.07, 6.45) is 6.53. The topological polar surface area (TPSA) is 47.6 Å². The third-order valence-corrected chi connectivity index (χ3v) is 7.08. The van der Waals surface area contributed by atoms with Crippen LogP contribution in [0, 0.1) is 6.92 Å². The van der Waals surface area contributed by atoms with Crippen LogP contribution in [0.5, 0.6) is 5.75 Å². The molecule has 172 valence electrons. The smallest absolute Gasteiger partial charge is 0.266 e. The number of nitrogens with zero attached hydrogens (tertiary/aromatic N) is 2. The average Bonchev–Trinajstić information content (AvgIpc) is 3.54. The Morgan fingerprint density at radius 1 is 1.09 bits per heavy atom. The predicted molar refractivity (Wildman–Crippen MR) is 141 cm³/mol. The molecule has 1 amide bonds. The lowest BCUT2D eigenvalue weighted by Crippen LogP contribution is -2.27. The molecule has 0 spiro atoms. The third kappa shape index (κ3) is 4.81. The van der Waals surface area contributed by atoms with E-state index in [1.54, 1.807) is 11.2 Å². The monoisotopic (exact) mass is 488 g/mol. The van der Waals surface area contributed by atoms with Crippen LogP contribution in [0.1, 0.15) is 23.3 Å². The molecular weight excluding hydrogens is 464 g/mol. The van der Waals surface area contributed by atoms with Gasteiger partial charge in [-0.05, 0) is 49.8 Å². The number of fused-ring (bicyclic) bond motifs is 1. The van der Waals surface area contributed by atoms with Gasteiger partial charge in [0.1, 0.15) is 15.8 Å². The number of hydrogen-bond donors (Lipinski definition) is 0. The molecule has 0 saturated carbocycles. The van der Waals surface area contributed by atoms with E-state index in [1.165, 1.54) is 17.3 Å². The Kier molecular flexibility index (Phi) is 6.56. The molecule has 1 saturated heterocycles.